The second kappa shape index (κ2) is 5.40. The van der Waals surface area contributed by atoms with E-state index in [0.29, 0.717) is 12.4 Å². The van der Waals surface area contributed by atoms with Gasteiger partial charge in [-0.25, -0.2) is 0 Å². The Hall–Kier alpha value is -1.35. The molecule has 3 nitrogen and oxygen atoms in total. The van der Waals surface area contributed by atoms with Crippen molar-refractivity contribution in [3.8, 4) is 5.75 Å². The number of aromatic nitrogens is 1. The summed E-state index contributed by atoms with van der Waals surface area (Å²) in [4.78, 5) is 4.08. The van der Waals surface area contributed by atoms with E-state index in [0.717, 1.165) is 11.3 Å². The molecule has 0 saturated heterocycles. The zero-order chi connectivity index (χ0) is 10.4. The van der Waals surface area contributed by atoms with Gasteiger partial charge in [-0.3, -0.25) is 4.98 Å². The van der Waals surface area contributed by atoms with Crippen molar-refractivity contribution in [2.24, 2.45) is 0 Å². The molecule has 14 heavy (non-hydrogen) atoms. The summed E-state index contributed by atoms with van der Waals surface area (Å²) in [5.74, 6) is 0.707. The molecule has 0 fully saturated rings. The first kappa shape index (κ1) is 10.7. The predicted octanol–water partition coefficient (Wildman–Crippen LogP) is 1.84. The summed E-state index contributed by atoms with van der Waals surface area (Å²) in [5, 5.41) is 9.03. The molecule has 1 aromatic rings. The molecular formula is C11H15NO2. The Kier molecular flexibility index (Phi) is 4.13. The summed E-state index contributed by atoms with van der Waals surface area (Å²) in [6, 6.07) is 1.83. The highest BCUT2D eigenvalue weighted by Gasteiger charge is 2.02. The molecule has 0 aliphatic heterocycles. The van der Waals surface area contributed by atoms with Gasteiger partial charge < -0.3 is 9.84 Å². The summed E-state index contributed by atoms with van der Waals surface area (Å²) < 4.78 is 5.46. The highest BCUT2D eigenvalue weighted by atomic mass is 16.5. The van der Waals surface area contributed by atoms with Gasteiger partial charge in [0.1, 0.15) is 12.4 Å². The topological polar surface area (TPSA) is 42.4 Å². The summed E-state index contributed by atoms with van der Waals surface area (Å²) in [6.07, 6.45) is 5.48. The minimum absolute atomic E-state index is 0.0432. The summed E-state index contributed by atoms with van der Waals surface area (Å²) >= 11 is 0. The van der Waals surface area contributed by atoms with E-state index in [1.807, 2.05) is 32.1 Å². The third-order valence-corrected chi connectivity index (χ3v) is 1.82. The fourth-order valence-electron chi connectivity index (χ4n) is 1.05. The monoisotopic (exact) mass is 193 g/mol. The summed E-state index contributed by atoms with van der Waals surface area (Å²) in [6.45, 7) is 4.31. The van der Waals surface area contributed by atoms with E-state index in [4.69, 9.17) is 9.84 Å². The second-order valence-corrected chi connectivity index (χ2v) is 2.97. The molecule has 1 aromatic heterocycles. The second-order valence-electron chi connectivity index (χ2n) is 2.97. The van der Waals surface area contributed by atoms with Crippen molar-refractivity contribution < 1.29 is 9.84 Å². The lowest BCUT2D eigenvalue weighted by molar-refractivity contribution is 0.269. The summed E-state index contributed by atoms with van der Waals surface area (Å²) in [7, 11) is 0. The first-order chi connectivity index (χ1) is 6.77. The minimum atomic E-state index is -0.0432. The van der Waals surface area contributed by atoms with E-state index in [2.05, 4.69) is 4.98 Å². The van der Waals surface area contributed by atoms with E-state index < -0.39 is 0 Å². The standard InChI is InChI=1S/C11H15NO2/c1-3-4-5-14-11-6-9(2)12-7-10(11)8-13/h3-4,6-7,13H,5,8H2,1-2H3/b4-3+. The quantitative estimate of drug-likeness (QED) is 0.742. The van der Waals surface area contributed by atoms with Gasteiger partial charge in [-0.1, -0.05) is 12.2 Å². The third-order valence-electron chi connectivity index (χ3n) is 1.82. The van der Waals surface area contributed by atoms with Crippen molar-refractivity contribution >= 4 is 0 Å². The van der Waals surface area contributed by atoms with E-state index in [1.54, 1.807) is 6.20 Å². The number of nitrogens with zero attached hydrogens (tertiary/aromatic N) is 1. The number of pyridine rings is 1. The van der Waals surface area contributed by atoms with Crippen molar-refractivity contribution in [2.45, 2.75) is 20.5 Å². The van der Waals surface area contributed by atoms with Crippen LogP contribution < -0.4 is 4.74 Å². The molecule has 0 aliphatic carbocycles. The number of allylic oxidation sites excluding steroid dienone is 1. The molecule has 1 rings (SSSR count). The van der Waals surface area contributed by atoms with Gasteiger partial charge in [0, 0.05) is 23.5 Å². The number of hydrogen-bond acceptors (Lipinski definition) is 3. The van der Waals surface area contributed by atoms with Crippen LogP contribution in [0.15, 0.2) is 24.4 Å². The van der Waals surface area contributed by atoms with Crippen molar-refractivity contribution in [2.75, 3.05) is 6.61 Å². The molecule has 0 aliphatic rings. The fourth-order valence-corrected chi connectivity index (χ4v) is 1.05. The zero-order valence-electron chi connectivity index (χ0n) is 8.53. The number of aliphatic hydroxyl groups excluding tert-OH is 1. The van der Waals surface area contributed by atoms with Gasteiger partial charge in [0.25, 0.3) is 0 Å². The number of aliphatic hydroxyl groups is 1. The Bertz CT molecular complexity index is 321. The molecule has 76 valence electrons. The van der Waals surface area contributed by atoms with Gasteiger partial charge in [-0.05, 0) is 13.8 Å². The lowest BCUT2D eigenvalue weighted by Gasteiger charge is -2.08. The predicted molar refractivity (Wildman–Crippen MR) is 55.2 cm³/mol. The maximum Gasteiger partial charge on any atom is 0.128 e. The normalized spacial score (nSPS) is 10.8. The average molecular weight is 193 g/mol. The molecule has 0 unspecified atom stereocenters. The van der Waals surface area contributed by atoms with Gasteiger partial charge in [0.15, 0.2) is 0 Å². The number of ether oxygens (including phenoxy) is 1. The number of hydrogen-bond donors (Lipinski definition) is 1. The Morgan fingerprint density at radius 3 is 3.00 bits per heavy atom. The lowest BCUT2D eigenvalue weighted by Crippen LogP contribution is -1.99. The van der Waals surface area contributed by atoms with Crippen LogP contribution in [0.4, 0.5) is 0 Å². The Labute approximate surface area is 84.1 Å². The summed E-state index contributed by atoms with van der Waals surface area (Å²) in [5.41, 5.74) is 1.61. The van der Waals surface area contributed by atoms with Gasteiger partial charge in [-0.2, -0.15) is 0 Å². The Morgan fingerprint density at radius 1 is 1.57 bits per heavy atom. The molecule has 0 spiro atoms. The molecular weight excluding hydrogens is 178 g/mol. The van der Waals surface area contributed by atoms with Crippen LogP contribution in [0.25, 0.3) is 0 Å². The fraction of sp³-hybridized carbons (Fsp3) is 0.364. The van der Waals surface area contributed by atoms with E-state index in [9.17, 15) is 0 Å². The number of aryl methyl sites for hydroxylation is 1. The molecule has 0 atom stereocenters. The molecule has 1 heterocycles. The molecule has 0 saturated carbocycles. The van der Waals surface area contributed by atoms with E-state index in [-0.39, 0.29) is 6.61 Å². The Balaban J connectivity index is 2.76. The maximum absolute atomic E-state index is 9.03. The average Bonchev–Trinajstić information content (AvgIpc) is 2.19. The van der Waals surface area contributed by atoms with E-state index in [1.165, 1.54) is 0 Å². The highest BCUT2D eigenvalue weighted by Crippen LogP contribution is 2.18. The van der Waals surface area contributed by atoms with Crippen LogP contribution in [0.3, 0.4) is 0 Å². The van der Waals surface area contributed by atoms with E-state index >= 15 is 0 Å². The van der Waals surface area contributed by atoms with Crippen LogP contribution in [0.2, 0.25) is 0 Å². The third kappa shape index (κ3) is 2.85. The van der Waals surface area contributed by atoms with Crippen molar-refractivity contribution in [3.63, 3.8) is 0 Å². The molecule has 0 bridgehead atoms. The SMILES string of the molecule is C/C=C/COc1cc(C)ncc1CO. The van der Waals surface area contributed by atoms with Crippen molar-refractivity contribution in [3.05, 3.63) is 35.7 Å². The number of rotatable bonds is 4. The largest absolute Gasteiger partial charge is 0.489 e. The molecule has 0 amide bonds. The lowest BCUT2D eigenvalue weighted by atomic mass is 10.2. The highest BCUT2D eigenvalue weighted by molar-refractivity contribution is 5.32. The molecule has 1 N–H and O–H groups in total. The Morgan fingerprint density at radius 2 is 2.36 bits per heavy atom. The first-order valence-corrected chi connectivity index (χ1v) is 4.58. The van der Waals surface area contributed by atoms with Crippen LogP contribution in [-0.4, -0.2) is 16.7 Å². The van der Waals surface area contributed by atoms with Crippen LogP contribution in [-0.2, 0) is 6.61 Å². The van der Waals surface area contributed by atoms with Crippen molar-refractivity contribution in [1.82, 2.24) is 4.98 Å². The van der Waals surface area contributed by atoms with Gasteiger partial charge in [0.2, 0.25) is 0 Å². The molecule has 3 heteroatoms. The zero-order valence-corrected chi connectivity index (χ0v) is 8.53. The first-order valence-electron chi connectivity index (χ1n) is 4.58. The van der Waals surface area contributed by atoms with Gasteiger partial charge in [0.05, 0.1) is 6.61 Å². The van der Waals surface area contributed by atoms with Crippen LogP contribution >= 0.6 is 0 Å². The van der Waals surface area contributed by atoms with Crippen LogP contribution in [0.5, 0.6) is 5.75 Å². The smallest absolute Gasteiger partial charge is 0.128 e. The molecule has 0 radical (unpaired) electrons. The van der Waals surface area contributed by atoms with Crippen LogP contribution in [0.1, 0.15) is 18.2 Å². The van der Waals surface area contributed by atoms with Crippen LogP contribution in [0, 0.1) is 6.92 Å². The van der Waals surface area contributed by atoms with Gasteiger partial charge >= 0.3 is 0 Å². The van der Waals surface area contributed by atoms with Crippen molar-refractivity contribution in [1.29, 1.82) is 0 Å². The minimum Gasteiger partial charge on any atom is -0.489 e. The van der Waals surface area contributed by atoms with Gasteiger partial charge in [-0.15, -0.1) is 0 Å². The maximum atomic E-state index is 9.03. The molecule has 0 aromatic carbocycles.